The number of hydrogen-bond acceptors (Lipinski definition) is 3. The minimum absolute atomic E-state index is 0.104. The molecule has 0 radical (unpaired) electrons. The third-order valence-electron chi connectivity index (χ3n) is 3.10. The van der Waals surface area contributed by atoms with Crippen LogP contribution in [0, 0.1) is 0 Å². The number of benzodiazepines with no additional fused rings is 1. The second-order valence-electron chi connectivity index (χ2n) is 4.55. The van der Waals surface area contributed by atoms with Gasteiger partial charge in [-0.1, -0.05) is 29.9 Å². The van der Waals surface area contributed by atoms with Gasteiger partial charge in [-0.25, -0.2) is 0 Å². The zero-order valence-electron chi connectivity index (χ0n) is 10.8. The van der Waals surface area contributed by atoms with Gasteiger partial charge in [0.15, 0.2) is 0 Å². The minimum Gasteiger partial charge on any atom is -0.348 e. The fraction of sp³-hybridized carbons (Fsp3) is 0.133. The van der Waals surface area contributed by atoms with Crippen LogP contribution in [0.4, 0.5) is 5.69 Å². The Bertz CT molecular complexity index is 698. The monoisotopic (exact) mass is 301 g/mol. The quantitative estimate of drug-likeness (QED) is 0.816. The van der Waals surface area contributed by atoms with Gasteiger partial charge in [-0.2, -0.15) is 0 Å². The van der Waals surface area contributed by atoms with Crippen molar-refractivity contribution in [1.29, 1.82) is 0 Å². The van der Waals surface area contributed by atoms with Gasteiger partial charge in [-0.3, -0.25) is 9.98 Å². The van der Waals surface area contributed by atoms with E-state index >= 15 is 0 Å². The van der Waals surface area contributed by atoms with Crippen molar-refractivity contribution >= 4 is 40.2 Å². The van der Waals surface area contributed by atoms with E-state index in [9.17, 15) is 0 Å². The molecular weight excluding hydrogens is 290 g/mol. The molecule has 1 aliphatic rings. The number of anilines is 1. The maximum Gasteiger partial charge on any atom is 0.104 e. The Morgan fingerprint density at radius 1 is 1.25 bits per heavy atom. The van der Waals surface area contributed by atoms with E-state index in [1.54, 1.807) is 6.20 Å². The number of fused-ring (bicyclic) bond motifs is 1. The summed E-state index contributed by atoms with van der Waals surface area (Å²) in [6, 6.07) is 11.3. The lowest BCUT2D eigenvalue weighted by Gasteiger charge is -2.10. The van der Waals surface area contributed by atoms with Crippen molar-refractivity contribution in [2.75, 3.05) is 5.32 Å². The SMILES string of the molecule is CC1N=C(c2ccccn2)c2cc(Cl)ccc2NC1=S. The molecule has 1 unspecified atom stereocenters. The fourth-order valence-electron chi connectivity index (χ4n) is 2.09. The smallest absolute Gasteiger partial charge is 0.104 e. The lowest BCUT2D eigenvalue weighted by atomic mass is 10.0. The number of nitrogens with zero attached hydrogens (tertiary/aromatic N) is 2. The van der Waals surface area contributed by atoms with Crippen LogP contribution in [0.1, 0.15) is 18.2 Å². The van der Waals surface area contributed by atoms with Crippen LogP contribution in [-0.4, -0.2) is 21.7 Å². The average molecular weight is 302 g/mol. The third kappa shape index (κ3) is 2.44. The Hall–Kier alpha value is -1.78. The maximum absolute atomic E-state index is 6.12. The van der Waals surface area contributed by atoms with E-state index in [-0.39, 0.29) is 6.04 Å². The van der Waals surface area contributed by atoms with Crippen molar-refractivity contribution in [1.82, 2.24) is 4.98 Å². The summed E-state index contributed by atoms with van der Waals surface area (Å²) < 4.78 is 0. The van der Waals surface area contributed by atoms with Gasteiger partial charge >= 0.3 is 0 Å². The summed E-state index contributed by atoms with van der Waals surface area (Å²) in [5.41, 5.74) is 3.45. The van der Waals surface area contributed by atoms with E-state index in [0.29, 0.717) is 10.0 Å². The molecule has 0 fully saturated rings. The van der Waals surface area contributed by atoms with Gasteiger partial charge < -0.3 is 5.32 Å². The molecule has 3 nitrogen and oxygen atoms in total. The zero-order chi connectivity index (χ0) is 14.1. The summed E-state index contributed by atoms with van der Waals surface area (Å²) in [6.07, 6.45) is 1.75. The first-order valence-electron chi connectivity index (χ1n) is 6.25. The minimum atomic E-state index is -0.104. The second kappa shape index (κ2) is 5.31. The predicted octanol–water partition coefficient (Wildman–Crippen LogP) is 3.71. The number of pyridine rings is 1. The second-order valence-corrected chi connectivity index (χ2v) is 5.42. The lowest BCUT2D eigenvalue weighted by Crippen LogP contribution is -2.20. The van der Waals surface area contributed by atoms with Crippen LogP contribution in [0.15, 0.2) is 47.6 Å². The van der Waals surface area contributed by atoms with Crippen LogP contribution >= 0.6 is 23.8 Å². The molecule has 1 aromatic carbocycles. The summed E-state index contributed by atoms with van der Waals surface area (Å²) in [7, 11) is 0. The Balaban J connectivity index is 2.23. The number of aromatic nitrogens is 1. The summed E-state index contributed by atoms with van der Waals surface area (Å²) in [4.78, 5) is 9.78. The number of nitrogens with one attached hydrogen (secondary N) is 1. The lowest BCUT2D eigenvalue weighted by molar-refractivity contribution is 0.989. The summed E-state index contributed by atoms with van der Waals surface area (Å²) in [6.45, 7) is 1.96. The number of thiocarbonyl (C=S) groups is 1. The van der Waals surface area contributed by atoms with E-state index in [0.717, 1.165) is 22.7 Å². The highest BCUT2D eigenvalue weighted by Crippen LogP contribution is 2.26. The summed E-state index contributed by atoms with van der Waals surface area (Å²) in [5, 5.41) is 3.89. The van der Waals surface area contributed by atoms with Gasteiger partial charge in [-0.15, -0.1) is 0 Å². The van der Waals surface area contributed by atoms with Crippen molar-refractivity contribution in [2.24, 2.45) is 4.99 Å². The number of hydrogen-bond donors (Lipinski definition) is 1. The highest BCUT2D eigenvalue weighted by molar-refractivity contribution is 7.80. The molecule has 100 valence electrons. The van der Waals surface area contributed by atoms with E-state index in [2.05, 4.69) is 10.3 Å². The molecule has 2 aromatic rings. The van der Waals surface area contributed by atoms with E-state index in [1.807, 2.05) is 43.3 Å². The van der Waals surface area contributed by atoms with Crippen molar-refractivity contribution in [3.63, 3.8) is 0 Å². The van der Waals surface area contributed by atoms with E-state index < -0.39 is 0 Å². The van der Waals surface area contributed by atoms with Gasteiger partial charge in [0.25, 0.3) is 0 Å². The molecule has 0 amide bonds. The topological polar surface area (TPSA) is 37.3 Å². The fourth-order valence-corrected chi connectivity index (χ4v) is 2.42. The molecule has 20 heavy (non-hydrogen) atoms. The van der Waals surface area contributed by atoms with Crippen molar-refractivity contribution < 1.29 is 0 Å². The number of benzene rings is 1. The van der Waals surface area contributed by atoms with Gasteiger partial charge in [0, 0.05) is 22.5 Å². The first-order chi connectivity index (χ1) is 9.65. The Labute approximate surface area is 127 Å². The first kappa shape index (κ1) is 13.2. The Kier molecular flexibility index (Phi) is 3.51. The van der Waals surface area contributed by atoms with Crippen LogP contribution in [-0.2, 0) is 0 Å². The van der Waals surface area contributed by atoms with Gasteiger partial charge in [-0.05, 0) is 37.3 Å². The van der Waals surface area contributed by atoms with Crippen LogP contribution < -0.4 is 5.32 Å². The molecule has 0 saturated carbocycles. The molecule has 0 aliphatic carbocycles. The molecule has 1 atom stereocenters. The Morgan fingerprint density at radius 3 is 2.85 bits per heavy atom. The summed E-state index contributed by atoms with van der Waals surface area (Å²) in [5.74, 6) is 0. The molecule has 2 heterocycles. The van der Waals surface area contributed by atoms with Crippen molar-refractivity contribution in [3.8, 4) is 0 Å². The molecule has 0 bridgehead atoms. The van der Waals surface area contributed by atoms with E-state index in [4.69, 9.17) is 28.8 Å². The van der Waals surface area contributed by atoms with Crippen LogP contribution in [0.3, 0.4) is 0 Å². The predicted molar refractivity (Wildman–Crippen MR) is 87.0 cm³/mol. The van der Waals surface area contributed by atoms with Gasteiger partial charge in [0.1, 0.15) is 4.99 Å². The number of aliphatic imine (C=N–C) groups is 1. The first-order valence-corrected chi connectivity index (χ1v) is 7.04. The van der Waals surface area contributed by atoms with Crippen LogP contribution in [0.25, 0.3) is 0 Å². The molecular formula is C15H12ClN3S. The van der Waals surface area contributed by atoms with Gasteiger partial charge in [0.2, 0.25) is 0 Å². The normalized spacial score (nSPS) is 17.8. The third-order valence-corrected chi connectivity index (χ3v) is 3.78. The van der Waals surface area contributed by atoms with Crippen LogP contribution in [0.5, 0.6) is 0 Å². The largest absolute Gasteiger partial charge is 0.348 e. The molecule has 1 N–H and O–H groups in total. The van der Waals surface area contributed by atoms with E-state index in [1.165, 1.54) is 0 Å². The standard InChI is InChI=1S/C15H12ClN3S/c1-9-15(20)19-12-6-5-10(16)8-11(12)14(18-9)13-4-2-3-7-17-13/h2-9H,1H3,(H,19,20). The molecule has 0 spiro atoms. The summed E-state index contributed by atoms with van der Waals surface area (Å²) >= 11 is 11.5. The van der Waals surface area contributed by atoms with Crippen molar-refractivity contribution in [2.45, 2.75) is 13.0 Å². The van der Waals surface area contributed by atoms with Gasteiger partial charge in [0.05, 0.1) is 17.4 Å². The number of rotatable bonds is 1. The molecule has 3 rings (SSSR count). The number of halogens is 1. The highest BCUT2D eigenvalue weighted by atomic mass is 35.5. The zero-order valence-corrected chi connectivity index (χ0v) is 12.4. The van der Waals surface area contributed by atoms with Crippen molar-refractivity contribution in [3.05, 3.63) is 58.9 Å². The maximum atomic E-state index is 6.12. The average Bonchev–Trinajstić information content (AvgIpc) is 2.58. The highest BCUT2D eigenvalue weighted by Gasteiger charge is 2.21. The Morgan fingerprint density at radius 2 is 2.10 bits per heavy atom. The molecule has 1 aromatic heterocycles. The molecule has 5 heteroatoms. The van der Waals surface area contributed by atoms with Crippen LogP contribution in [0.2, 0.25) is 5.02 Å². The molecule has 0 saturated heterocycles. The molecule has 1 aliphatic heterocycles.